The highest BCUT2D eigenvalue weighted by Crippen LogP contribution is 2.31. The summed E-state index contributed by atoms with van der Waals surface area (Å²) in [7, 11) is -3.95. The second kappa shape index (κ2) is 10.4. The van der Waals surface area contributed by atoms with Crippen LogP contribution < -0.4 is 5.32 Å². The number of alkyl carbamates (subject to hydrolysis) is 1. The third-order valence-corrected chi connectivity index (χ3v) is 6.95. The lowest BCUT2D eigenvalue weighted by molar-refractivity contribution is 0.0528. The van der Waals surface area contributed by atoms with E-state index in [1.54, 1.807) is 63.5 Å². The average Bonchev–Trinajstić information content (AvgIpc) is 3.19. The molecule has 1 N–H and O–H groups in total. The Morgan fingerprint density at radius 2 is 2.06 bits per heavy atom. The molecule has 0 aliphatic rings. The third kappa shape index (κ3) is 6.24. The molecule has 0 aliphatic heterocycles. The van der Waals surface area contributed by atoms with Crippen LogP contribution in [0.3, 0.4) is 0 Å². The molecule has 3 rings (SSSR count). The highest BCUT2D eigenvalue weighted by atomic mass is 35.5. The van der Waals surface area contributed by atoms with Crippen molar-refractivity contribution >= 4 is 27.7 Å². The van der Waals surface area contributed by atoms with E-state index >= 15 is 0 Å². The summed E-state index contributed by atoms with van der Waals surface area (Å²) in [6.45, 7) is 9.35. The second-order valence-electron chi connectivity index (χ2n) is 8.57. The number of hydrogen-bond acceptors (Lipinski definition) is 6. The van der Waals surface area contributed by atoms with Crippen molar-refractivity contribution in [3.05, 3.63) is 84.1 Å². The van der Waals surface area contributed by atoms with Crippen molar-refractivity contribution < 1.29 is 17.9 Å². The minimum atomic E-state index is -3.95. The molecule has 34 heavy (non-hydrogen) atoms. The molecule has 0 saturated heterocycles. The van der Waals surface area contributed by atoms with Crippen LogP contribution in [0, 0.1) is 0 Å². The molecule has 0 bridgehead atoms. The van der Waals surface area contributed by atoms with Gasteiger partial charge < -0.3 is 10.1 Å². The maximum atomic E-state index is 13.7. The molecule has 0 aliphatic carbocycles. The summed E-state index contributed by atoms with van der Waals surface area (Å²) in [4.78, 5) is 20.1. The standard InChI is InChI=1S/C24H27ClN4O4S/c1-5-21(19-7-6-11-26-14-19)34(31,32)29-16-17(10-12-27-23(30)33-24(2,3)4)13-20(29)18-8-9-22(25)28-15-18/h5-9,11,13-16,21H,1,10,12H2,2-4H3,(H,27,30). The topological polar surface area (TPSA) is 103 Å². The second-order valence-corrected chi connectivity index (χ2v) is 10.9. The van der Waals surface area contributed by atoms with Gasteiger partial charge in [-0.3, -0.25) is 4.98 Å². The maximum absolute atomic E-state index is 13.7. The molecule has 0 spiro atoms. The van der Waals surface area contributed by atoms with Gasteiger partial charge in [-0.25, -0.2) is 22.2 Å². The van der Waals surface area contributed by atoms with Gasteiger partial charge in [0.15, 0.2) is 0 Å². The van der Waals surface area contributed by atoms with E-state index in [1.807, 2.05) is 0 Å². The number of halogens is 1. The molecule has 1 unspecified atom stereocenters. The molecule has 10 heteroatoms. The SMILES string of the molecule is C=CC(c1cccnc1)S(=O)(=O)n1cc(CCNC(=O)OC(C)(C)C)cc1-c1ccc(Cl)nc1. The van der Waals surface area contributed by atoms with Gasteiger partial charge in [0.1, 0.15) is 16.0 Å². The van der Waals surface area contributed by atoms with Gasteiger partial charge in [-0.1, -0.05) is 23.7 Å². The molecule has 0 radical (unpaired) electrons. The first-order valence-electron chi connectivity index (χ1n) is 10.6. The lowest BCUT2D eigenvalue weighted by Gasteiger charge is -2.19. The fraction of sp³-hybridized carbons (Fsp3) is 0.292. The average molecular weight is 503 g/mol. The van der Waals surface area contributed by atoms with Crippen LogP contribution in [-0.2, 0) is 21.2 Å². The Morgan fingerprint density at radius 3 is 2.65 bits per heavy atom. The summed E-state index contributed by atoms with van der Waals surface area (Å²) >= 11 is 5.92. The first-order chi connectivity index (χ1) is 16.0. The number of amides is 1. The van der Waals surface area contributed by atoms with Crippen molar-refractivity contribution in [2.75, 3.05) is 6.54 Å². The van der Waals surface area contributed by atoms with Gasteiger partial charge >= 0.3 is 6.09 Å². The van der Waals surface area contributed by atoms with Crippen LogP contribution in [0.4, 0.5) is 4.79 Å². The molecule has 180 valence electrons. The Kier molecular flexibility index (Phi) is 7.78. The van der Waals surface area contributed by atoms with E-state index in [-0.39, 0.29) is 6.54 Å². The van der Waals surface area contributed by atoms with Crippen molar-refractivity contribution in [3.63, 3.8) is 0 Å². The highest BCUT2D eigenvalue weighted by molar-refractivity contribution is 7.90. The molecular weight excluding hydrogens is 476 g/mol. The summed E-state index contributed by atoms with van der Waals surface area (Å²) in [5.74, 6) is 0. The molecule has 1 atom stereocenters. The molecule has 1 amide bonds. The fourth-order valence-corrected chi connectivity index (χ4v) is 5.10. The van der Waals surface area contributed by atoms with E-state index in [1.165, 1.54) is 22.4 Å². The predicted molar refractivity (Wildman–Crippen MR) is 132 cm³/mol. The number of nitrogens with one attached hydrogen (secondary N) is 1. The zero-order valence-electron chi connectivity index (χ0n) is 19.2. The summed E-state index contributed by atoms with van der Waals surface area (Å²) in [6.07, 6.45) is 7.36. The lowest BCUT2D eigenvalue weighted by Crippen LogP contribution is -2.33. The molecular formula is C24H27ClN4O4S. The van der Waals surface area contributed by atoms with Crippen LogP contribution in [-0.4, -0.2) is 40.6 Å². The Balaban J connectivity index is 1.95. The minimum Gasteiger partial charge on any atom is -0.444 e. The van der Waals surface area contributed by atoms with E-state index in [0.717, 1.165) is 0 Å². The van der Waals surface area contributed by atoms with E-state index in [2.05, 4.69) is 21.9 Å². The summed E-state index contributed by atoms with van der Waals surface area (Å²) < 4.78 is 33.9. The molecule has 0 aromatic carbocycles. The number of pyridine rings is 2. The Labute approximate surface area is 204 Å². The molecule has 3 heterocycles. The first kappa shape index (κ1) is 25.5. The molecule has 8 nitrogen and oxygen atoms in total. The number of hydrogen-bond donors (Lipinski definition) is 1. The van der Waals surface area contributed by atoms with Gasteiger partial charge in [0.2, 0.25) is 10.0 Å². The number of nitrogens with zero attached hydrogens (tertiary/aromatic N) is 3. The van der Waals surface area contributed by atoms with Gasteiger partial charge in [0, 0.05) is 36.9 Å². The number of carbonyl (C=O) groups is 1. The first-order valence-corrected chi connectivity index (χ1v) is 12.5. The number of carbonyl (C=O) groups excluding carboxylic acids is 1. The lowest BCUT2D eigenvalue weighted by atomic mass is 10.2. The summed E-state index contributed by atoms with van der Waals surface area (Å²) in [5.41, 5.74) is 1.60. The quantitative estimate of drug-likeness (QED) is 0.351. The van der Waals surface area contributed by atoms with Crippen molar-refractivity contribution in [1.82, 2.24) is 19.3 Å². The largest absolute Gasteiger partial charge is 0.444 e. The van der Waals surface area contributed by atoms with E-state index in [9.17, 15) is 13.2 Å². The van der Waals surface area contributed by atoms with Crippen LogP contribution in [0.1, 0.15) is 37.1 Å². The zero-order chi connectivity index (χ0) is 24.9. The smallest absolute Gasteiger partial charge is 0.407 e. The number of ether oxygens (including phenoxy) is 1. The van der Waals surface area contributed by atoms with Crippen molar-refractivity contribution in [2.45, 2.75) is 38.0 Å². The molecule has 3 aromatic heterocycles. The van der Waals surface area contributed by atoms with Crippen LogP contribution in [0.5, 0.6) is 0 Å². The Morgan fingerprint density at radius 1 is 1.29 bits per heavy atom. The predicted octanol–water partition coefficient (Wildman–Crippen LogP) is 4.77. The Bertz CT molecular complexity index is 1250. The highest BCUT2D eigenvalue weighted by Gasteiger charge is 2.29. The number of aromatic nitrogens is 3. The van der Waals surface area contributed by atoms with Crippen molar-refractivity contribution in [3.8, 4) is 11.3 Å². The van der Waals surface area contributed by atoms with Crippen LogP contribution in [0.25, 0.3) is 11.3 Å². The van der Waals surface area contributed by atoms with E-state index in [4.69, 9.17) is 16.3 Å². The van der Waals surface area contributed by atoms with Gasteiger partial charge in [0.05, 0.1) is 5.69 Å². The van der Waals surface area contributed by atoms with Crippen molar-refractivity contribution in [2.24, 2.45) is 0 Å². The summed E-state index contributed by atoms with van der Waals surface area (Å²) in [6, 6.07) is 8.41. The third-order valence-electron chi connectivity index (χ3n) is 4.77. The fourth-order valence-electron chi connectivity index (χ4n) is 3.30. The van der Waals surface area contributed by atoms with Gasteiger partial charge in [-0.15, -0.1) is 6.58 Å². The van der Waals surface area contributed by atoms with Crippen molar-refractivity contribution in [1.29, 1.82) is 0 Å². The number of rotatable bonds is 8. The van der Waals surface area contributed by atoms with E-state index < -0.39 is 27.0 Å². The van der Waals surface area contributed by atoms with Gasteiger partial charge in [-0.05, 0) is 62.6 Å². The summed E-state index contributed by atoms with van der Waals surface area (Å²) in [5, 5.41) is 1.97. The van der Waals surface area contributed by atoms with Crippen LogP contribution >= 0.6 is 11.6 Å². The van der Waals surface area contributed by atoms with Crippen LogP contribution in [0.15, 0.2) is 67.8 Å². The molecule has 0 saturated carbocycles. The van der Waals surface area contributed by atoms with E-state index in [0.29, 0.717) is 34.0 Å². The Hall–Kier alpha value is -3.17. The maximum Gasteiger partial charge on any atom is 0.407 e. The molecule has 0 fully saturated rings. The van der Waals surface area contributed by atoms with Gasteiger partial charge in [0.25, 0.3) is 0 Å². The molecule has 3 aromatic rings. The monoisotopic (exact) mass is 502 g/mol. The van der Waals surface area contributed by atoms with Crippen LogP contribution in [0.2, 0.25) is 5.15 Å². The minimum absolute atomic E-state index is 0.269. The normalized spacial score (nSPS) is 12.7. The zero-order valence-corrected chi connectivity index (χ0v) is 20.8. The van der Waals surface area contributed by atoms with Gasteiger partial charge in [-0.2, -0.15) is 0 Å².